The van der Waals surface area contributed by atoms with Crippen LogP contribution in [-0.4, -0.2) is 29.1 Å². The Morgan fingerprint density at radius 1 is 1.08 bits per heavy atom. The zero-order chi connectivity index (χ0) is 18.7. The van der Waals surface area contributed by atoms with Crippen LogP contribution < -0.4 is 4.74 Å². The molecule has 1 aliphatic rings. The van der Waals surface area contributed by atoms with Crippen molar-refractivity contribution in [3.63, 3.8) is 0 Å². The second-order valence-corrected chi connectivity index (χ2v) is 6.54. The molecule has 1 amide bonds. The highest BCUT2D eigenvalue weighted by molar-refractivity contribution is 5.94. The second-order valence-electron chi connectivity index (χ2n) is 6.54. The van der Waals surface area contributed by atoms with Crippen molar-refractivity contribution < 1.29 is 19.1 Å². The van der Waals surface area contributed by atoms with E-state index in [1.807, 2.05) is 37.3 Å². The summed E-state index contributed by atoms with van der Waals surface area (Å²) in [6.07, 6.45) is 0.154. The SMILES string of the molecule is CC(=O)c1ccc(OC(=O)[C@H]2CC(=O)N([C@@H](C)c3ccccc3)C2)cc1. The molecule has 134 valence electrons. The molecular weight excluding hydrogens is 330 g/mol. The van der Waals surface area contributed by atoms with Crippen molar-refractivity contribution in [1.82, 2.24) is 4.90 Å². The van der Waals surface area contributed by atoms with Gasteiger partial charge >= 0.3 is 5.97 Å². The van der Waals surface area contributed by atoms with Crippen molar-refractivity contribution in [2.45, 2.75) is 26.3 Å². The van der Waals surface area contributed by atoms with Gasteiger partial charge in [0, 0.05) is 18.5 Å². The minimum absolute atomic E-state index is 0.0461. The third-order valence-electron chi connectivity index (χ3n) is 4.72. The summed E-state index contributed by atoms with van der Waals surface area (Å²) in [4.78, 5) is 37.8. The molecule has 0 unspecified atom stereocenters. The maximum atomic E-state index is 12.4. The molecule has 2 aromatic rings. The van der Waals surface area contributed by atoms with E-state index in [4.69, 9.17) is 4.74 Å². The fraction of sp³-hybridized carbons (Fsp3) is 0.286. The van der Waals surface area contributed by atoms with E-state index in [9.17, 15) is 14.4 Å². The highest BCUT2D eigenvalue weighted by Gasteiger charge is 2.38. The maximum absolute atomic E-state index is 12.4. The molecule has 1 heterocycles. The zero-order valence-corrected chi connectivity index (χ0v) is 14.8. The number of ether oxygens (including phenoxy) is 1. The summed E-state index contributed by atoms with van der Waals surface area (Å²) < 4.78 is 5.39. The minimum atomic E-state index is -0.485. The van der Waals surface area contributed by atoms with Crippen LogP contribution in [0.4, 0.5) is 0 Å². The molecule has 2 atom stereocenters. The van der Waals surface area contributed by atoms with Crippen LogP contribution in [0.2, 0.25) is 0 Å². The molecule has 3 rings (SSSR count). The smallest absolute Gasteiger partial charge is 0.316 e. The lowest BCUT2D eigenvalue weighted by Crippen LogP contribution is -2.30. The van der Waals surface area contributed by atoms with Gasteiger partial charge in [-0.25, -0.2) is 0 Å². The Kier molecular flexibility index (Phi) is 5.16. The van der Waals surface area contributed by atoms with Gasteiger partial charge in [-0.3, -0.25) is 14.4 Å². The van der Waals surface area contributed by atoms with Crippen LogP contribution in [0, 0.1) is 5.92 Å². The van der Waals surface area contributed by atoms with Gasteiger partial charge in [-0.2, -0.15) is 0 Å². The lowest BCUT2D eigenvalue weighted by Gasteiger charge is -2.25. The van der Waals surface area contributed by atoms with Gasteiger partial charge < -0.3 is 9.64 Å². The molecular formula is C21H21NO4. The predicted octanol–water partition coefficient (Wildman–Crippen LogP) is 3.40. The number of carbonyl (C=O) groups is 3. The van der Waals surface area contributed by atoms with E-state index in [0.717, 1.165) is 5.56 Å². The number of likely N-dealkylation sites (tertiary alicyclic amines) is 1. The van der Waals surface area contributed by atoms with Gasteiger partial charge in [0.2, 0.25) is 5.91 Å². The zero-order valence-electron chi connectivity index (χ0n) is 14.8. The van der Waals surface area contributed by atoms with Crippen LogP contribution in [0.15, 0.2) is 54.6 Å². The summed E-state index contributed by atoms with van der Waals surface area (Å²) in [5.74, 6) is -0.620. The van der Waals surface area contributed by atoms with Crippen molar-refractivity contribution >= 4 is 17.7 Å². The standard InChI is InChI=1S/C21H21NO4/c1-14(16-6-4-3-5-7-16)22-13-18(12-20(22)24)21(25)26-19-10-8-17(9-11-19)15(2)23/h3-11,14,18H,12-13H2,1-2H3/t14-,18-/m0/s1. The molecule has 0 aliphatic carbocycles. The number of Topliss-reactive ketones (excluding diaryl/α,β-unsaturated/α-hetero) is 1. The number of hydrogen-bond acceptors (Lipinski definition) is 4. The van der Waals surface area contributed by atoms with Crippen LogP contribution >= 0.6 is 0 Å². The Labute approximate surface area is 152 Å². The number of ketones is 1. The first-order chi connectivity index (χ1) is 12.5. The normalized spacial score (nSPS) is 17.8. The molecule has 1 fully saturated rings. The van der Waals surface area contributed by atoms with E-state index in [-0.39, 0.29) is 24.2 Å². The molecule has 26 heavy (non-hydrogen) atoms. The van der Waals surface area contributed by atoms with Crippen LogP contribution in [-0.2, 0) is 9.59 Å². The van der Waals surface area contributed by atoms with Gasteiger partial charge in [-0.05, 0) is 43.7 Å². The average Bonchev–Trinajstić information content (AvgIpc) is 3.04. The van der Waals surface area contributed by atoms with Crippen molar-refractivity contribution in [3.8, 4) is 5.75 Å². The van der Waals surface area contributed by atoms with E-state index in [1.165, 1.54) is 6.92 Å². The molecule has 0 saturated carbocycles. The van der Waals surface area contributed by atoms with Crippen molar-refractivity contribution in [3.05, 3.63) is 65.7 Å². The van der Waals surface area contributed by atoms with Crippen LogP contribution in [0.5, 0.6) is 5.75 Å². The number of hydrogen-bond donors (Lipinski definition) is 0. The van der Waals surface area contributed by atoms with E-state index < -0.39 is 11.9 Å². The van der Waals surface area contributed by atoms with Crippen molar-refractivity contribution in [2.75, 3.05) is 6.54 Å². The summed E-state index contributed by atoms with van der Waals surface area (Å²) in [6, 6.07) is 16.1. The molecule has 5 heteroatoms. The van der Waals surface area contributed by atoms with Crippen LogP contribution in [0.3, 0.4) is 0 Å². The highest BCUT2D eigenvalue weighted by atomic mass is 16.5. The Morgan fingerprint density at radius 2 is 1.73 bits per heavy atom. The maximum Gasteiger partial charge on any atom is 0.316 e. The molecule has 1 saturated heterocycles. The fourth-order valence-corrected chi connectivity index (χ4v) is 3.13. The van der Waals surface area contributed by atoms with Crippen LogP contribution in [0.25, 0.3) is 0 Å². The lowest BCUT2D eigenvalue weighted by molar-refractivity contribution is -0.139. The van der Waals surface area contributed by atoms with Gasteiger partial charge in [-0.15, -0.1) is 0 Å². The lowest BCUT2D eigenvalue weighted by atomic mass is 10.1. The largest absolute Gasteiger partial charge is 0.426 e. The molecule has 5 nitrogen and oxygen atoms in total. The average molecular weight is 351 g/mol. The Bertz CT molecular complexity index is 814. The van der Waals surface area contributed by atoms with Gasteiger partial charge in [0.1, 0.15) is 5.75 Å². The summed E-state index contributed by atoms with van der Waals surface area (Å²) in [5.41, 5.74) is 1.60. The first-order valence-electron chi connectivity index (χ1n) is 8.63. The molecule has 0 bridgehead atoms. The van der Waals surface area contributed by atoms with E-state index >= 15 is 0 Å². The summed E-state index contributed by atoms with van der Waals surface area (Å²) in [5, 5.41) is 0. The number of esters is 1. The monoisotopic (exact) mass is 351 g/mol. The fourth-order valence-electron chi connectivity index (χ4n) is 3.13. The number of amides is 1. The topological polar surface area (TPSA) is 63.7 Å². The van der Waals surface area contributed by atoms with Gasteiger partial charge in [-0.1, -0.05) is 30.3 Å². The van der Waals surface area contributed by atoms with Crippen LogP contribution in [0.1, 0.15) is 42.2 Å². The van der Waals surface area contributed by atoms with Crippen molar-refractivity contribution in [2.24, 2.45) is 5.92 Å². The molecule has 1 aliphatic heterocycles. The third kappa shape index (κ3) is 3.82. The molecule has 0 radical (unpaired) electrons. The Hall–Kier alpha value is -2.95. The van der Waals surface area contributed by atoms with Gasteiger partial charge in [0.25, 0.3) is 0 Å². The summed E-state index contributed by atoms with van der Waals surface area (Å²) in [6.45, 7) is 3.79. The third-order valence-corrected chi connectivity index (χ3v) is 4.72. The molecule has 0 N–H and O–H groups in total. The molecule has 0 spiro atoms. The van der Waals surface area contributed by atoms with E-state index in [1.54, 1.807) is 29.2 Å². The van der Waals surface area contributed by atoms with Gasteiger partial charge in [0.05, 0.1) is 12.0 Å². The predicted molar refractivity (Wildman–Crippen MR) is 96.8 cm³/mol. The Morgan fingerprint density at radius 3 is 2.35 bits per heavy atom. The highest BCUT2D eigenvalue weighted by Crippen LogP contribution is 2.29. The minimum Gasteiger partial charge on any atom is -0.426 e. The van der Waals surface area contributed by atoms with E-state index in [0.29, 0.717) is 17.9 Å². The summed E-state index contributed by atoms with van der Waals surface area (Å²) in [7, 11) is 0. The number of benzene rings is 2. The first kappa shape index (κ1) is 17.9. The van der Waals surface area contributed by atoms with Gasteiger partial charge in [0.15, 0.2) is 5.78 Å². The van der Waals surface area contributed by atoms with E-state index in [2.05, 4.69) is 0 Å². The summed E-state index contributed by atoms with van der Waals surface area (Å²) >= 11 is 0. The van der Waals surface area contributed by atoms with Crippen molar-refractivity contribution in [1.29, 1.82) is 0 Å². The first-order valence-corrected chi connectivity index (χ1v) is 8.63. The molecule has 2 aromatic carbocycles. The number of carbonyl (C=O) groups excluding carboxylic acids is 3. The Balaban J connectivity index is 1.64. The number of nitrogens with zero attached hydrogens (tertiary/aromatic N) is 1. The second kappa shape index (κ2) is 7.52. The number of rotatable bonds is 5. The molecule has 0 aromatic heterocycles. The quantitative estimate of drug-likeness (QED) is 0.470.